The second kappa shape index (κ2) is 7.89. The van der Waals surface area contributed by atoms with Crippen molar-refractivity contribution in [3.05, 3.63) is 51.7 Å². The second-order valence-electron chi connectivity index (χ2n) is 4.13. The summed E-state index contributed by atoms with van der Waals surface area (Å²) in [7, 11) is 0. The van der Waals surface area contributed by atoms with Crippen LogP contribution < -0.4 is 5.32 Å². The monoisotopic (exact) mass is 317 g/mol. The third kappa shape index (κ3) is 4.36. The highest BCUT2D eigenvalue weighted by Crippen LogP contribution is 2.17. The molecule has 2 rings (SSSR count). The van der Waals surface area contributed by atoms with Gasteiger partial charge in [-0.05, 0) is 42.0 Å². The first kappa shape index (κ1) is 15.6. The lowest BCUT2D eigenvalue weighted by molar-refractivity contribution is 0.0951. The average Bonchev–Trinajstić information content (AvgIpc) is 2.98. The van der Waals surface area contributed by atoms with Gasteiger partial charge in [0.15, 0.2) is 0 Å². The van der Waals surface area contributed by atoms with E-state index in [4.69, 9.17) is 5.11 Å². The van der Waals surface area contributed by atoms with E-state index in [2.05, 4.69) is 17.2 Å². The zero-order valence-electron chi connectivity index (χ0n) is 11.6. The summed E-state index contributed by atoms with van der Waals surface area (Å²) in [4.78, 5) is 14.2. The predicted molar refractivity (Wildman–Crippen MR) is 87.7 cm³/mol. The Labute approximate surface area is 132 Å². The molecule has 1 aromatic carbocycles. The van der Waals surface area contributed by atoms with Crippen molar-refractivity contribution in [3.8, 4) is 11.8 Å². The molecule has 2 N–H and O–H groups in total. The number of carbonyl (C=O) groups is 1. The molecule has 0 aliphatic carbocycles. The minimum absolute atomic E-state index is 0.0999. The smallest absolute Gasteiger partial charge is 0.251 e. The Hall–Kier alpha value is -1.74. The Balaban J connectivity index is 1.99. The predicted octanol–water partition coefficient (Wildman–Crippen LogP) is 2.74. The number of aliphatic hydroxyl groups is 1. The molecule has 5 heteroatoms. The molecule has 0 spiro atoms. The number of benzene rings is 1. The van der Waals surface area contributed by atoms with E-state index in [0.717, 1.165) is 15.3 Å². The number of thiophene rings is 1. The maximum absolute atomic E-state index is 12.1. The van der Waals surface area contributed by atoms with Crippen molar-refractivity contribution in [1.82, 2.24) is 5.32 Å². The first-order valence-electron chi connectivity index (χ1n) is 6.33. The van der Waals surface area contributed by atoms with Crippen LogP contribution in [0.4, 0.5) is 0 Å². The van der Waals surface area contributed by atoms with Crippen LogP contribution in [0.15, 0.2) is 40.6 Å². The number of thioether (sulfide) groups is 1. The van der Waals surface area contributed by atoms with E-state index in [1.54, 1.807) is 23.1 Å². The number of rotatable bonds is 4. The van der Waals surface area contributed by atoms with Gasteiger partial charge in [-0.25, -0.2) is 0 Å². The molecule has 0 saturated heterocycles. The summed E-state index contributed by atoms with van der Waals surface area (Å²) in [5.41, 5.74) is 1.50. The van der Waals surface area contributed by atoms with Gasteiger partial charge in [0.2, 0.25) is 0 Å². The average molecular weight is 317 g/mol. The summed E-state index contributed by atoms with van der Waals surface area (Å²) in [5, 5.41) is 13.5. The van der Waals surface area contributed by atoms with Gasteiger partial charge in [-0.3, -0.25) is 4.79 Å². The summed E-state index contributed by atoms with van der Waals surface area (Å²) in [6.07, 6.45) is 2.00. The molecule has 0 aliphatic rings. The molecule has 0 radical (unpaired) electrons. The first-order valence-corrected chi connectivity index (χ1v) is 8.43. The van der Waals surface area contributed by atoms with Crippen molar-refractivity contribution < 1.29 is 9.90 Å². The molecule has 0 saturated carbocycles. The van der Waals surface area contributed by atoms with Gasteiger partial charge in [-0.15, -0.1) is 23.1 Å². The molecule has 0 aliphatic heterocycles. The third-order valence-electron chi connectivity index (χ3n) is 2.81. The number of aliphatic hydroxyl groups excluding tert-OH is 1. The Morgan fingerprint density at radius 3 is 2.76 bits per heavy atom. The van der Waals surface area contributed by atoms with Crippen LogP contribution in [0.5, 0.6) is 0 Å². The lowest BCUT2D eigenvalue weighted by Gasteiger charge is -2.05. The fraction of sp³-hybridized carbons (Fsp3) is 0.188. The van der Waals surface area contributed by atoms with Crippen molar-refractivity contribution in [3.63, 3.8) is 0 Å². The molecule has 3 nitrogen and oxygen atoms in total. The SMILES string of the molecule is CSc1ccc(C(=O)NCc2sccc2C#CCO)cc1. The van der Waals surface area contributed by atoms with Crippen LogP contribution in [0.1, 0.15) is 20.8 Å². The van der Waals surface area contributed by atoms with Gasteiger partial charge in [0.05, 0.1) is 6.54 Å². The molecule has 0 unspecified atom stereocenters. The van der Waals surface area contributed by atoms with Gasteiger partial charge in [0.1, 0.15) is 6.61 Å². The number of hydrogen-bond donors (Lipinski definition) is 2. The van der Waals surface area contributed by atoms with Crippen LogP contribution in [0.2, 0.25) is 0 Å². The Morgan fingerprint density at radius 2 is 2.10 bits per heavy atom. The van der Waals surface area contributed by atoms with Crippen molar-refractivity contribution in [2.45, 2.75) is 11.4 Å². The largest absolute Gasteiger partial charge is 0.384 e. The van der Waals surface area contributed by atoms with Crippen LogP contribution in [0.3, 0.4) is 0 Å². The van der Waals surface area contributed by atoms with Gasteiger partial charge in [0.25, 0.3) is 5.91 Å². The Bertz CT molecular complexity index is 666. The molecule has 1 heterocycles. The normalized spacial score (nSPS) is 9.81. The maximum atomic E-state index is 12.1. The minimum atomic E-state index is -0.163. The zero-order chi connectivity index (χ0) is 15.1. The molecule has 0 bridgehead atoms. The lowest BCUT2D eigenvalue weighted by Crippen LogP contribution is -2.22. The summed E-state index contributed by atoms with van der Waals surface area (Å²) in [6.45, 7) is 0.277. The van der Waals surface area contributed by atoms with Crippen molar-refractivity contribution in [1.29, 1.82) is 0 Å². The Kier molecular flexibility index (Phi) is 5.88. The maximum Gasteiger partial charge on any atom is 0.251 e. The van der Waals surface area contributed by atoms with E-state index in [9.17, 15) is 4.79 Å². The molecule has 0 atom stereocenters. The molecule has 108 valence electrons. The van der Waals surface area contributed by atoms with Crippen molar-refractivity contribution >= 4 is 29.0 Å². The van der Waals surface area contributed by atoms with Crippen LogP contribution in [-0.2, 0) is 6.54 Å². The van der Waals surface area contributed by atoms with E-state index in [1.807, 2.05) is 42.0 Å². The molecule has 2 aromatic rings. The summed E-state index contributed by atoms with van der Waals surface area (Å²) < 4.78 is 0. The summed E-state index contributed by atoms with van der Waals surface area (Å²) in [5.74, 6) is 5.40. The van der Waals surface area contributed by atoms with Crippen LogP contribution in [0.25, 0.3) is 0 Å². The molecule has 0 fully saturated rings. The molecule has 1 aromatic heterocycles. The van der Waals surface area contributed by atoms with Gasteiger partial charge >= 0.3 is 0 Å². The second-order valence-corrected chi connectivity index (χ2v) is 6.01. The van der Waals surface area contributed by atoms with Crippen LogP contribution in [0, 0.1) is 11.8 Å². The van der Waals surface area contributed by atoms with Crippen molar-refractivity contribution in [2.75, 3.05) is 12.9 Å². The van der Waals surface area contributed by atoms with Gasteiger partial charge in [-0.1, -0.05) is 11.8 Å². The summed E-state index contributed by atoms with van der Waals surface area (Å²) in [6, 6.07) is 9.40. The third-order valence-corrected chi connectivity index (χ3v) is 4.47. The zero-order valence-corrected chi connectivity index (χ0v) is 13.2. The number of hydrogen-bond acceptors (Lipinski definition) is 4. The van der Waals surface area contributed by atoms with E-state index < -0.39 is 0 Å². The van der Waals surface area contributed by atoms with Crippen LogP contribution in [-0.4, -0.2) is 23.9 Å². The number of carbonyl (C=O) groups excluding carboxylic acids is 1. The van der Waals surface area contributed by atoms with E-state index in [-0.39, 0.29) is 12.5 Å². The summed E-state index contributed by atoms with van der Waals surface area (Å²) >= 11 is 3.19. The van der Waals surface area contributed by atoms with E-state index >= 15 is 0 Å². The molecular weight excluding hydrogens is 302 g/mol. The topological polar surface area (TPSA) is 49.3 Å². The molecular formula is C16H15NO2S2. The van der Waals surface area contributed by atoms with Crippen molar-refractivity contribution in [2.24, 2.45) is 0 Å². The lowest BCUT2D eigenvalue weighted by atomic mass is 10.2. The molecule has 1 amide bonds. The highest BCUT2D eigenvalue weighted by Gasteiger charge is 2.07. The number of nitrogens with one attached hydrogen (secondary N) is 1. The van der Waals surface area contributed by atoms with E-state index in [0.29, 0.717) is 12.1 Å². The van der Waals surface area contributed by atoms with E-state index in [1.165, 1.54) is 0 Å². The van der Waals surface area contributed by atoms with Gasteiger partial charge in [-0.2, -0.15) is 0 Å². The minimum Gasteiger partial charge on any atom is -0.384 e. The van der Waals surface area contributed by atoms with Crippen LogP contribution >= 0.6 is 23.1 Å². The fourth-order valence-corrected chi connectivity index (χ4v) is 2.91. The Morgan fingerprint density at radius 1 is 1.33 bits per heavy atom. The quantitative estimate of drug-likeness (QED) is 0.673. The first-order chi connectivity index (χ1) is 10.2. The van der Waals surface area contributed by atoms with Gasteiger partial charge < -0.3 is 10.4 Å². The highest BCUT2D eigenvalue weighted by molar-refractivity contribution is 7.98. The molecule has 21 heavy (non-hydrogen) atoms. The number of amides is 1. The fourth-order valence-electron chi connectivity index (χ4n) is 1.73. The highest BCUT2D eigenvalue weighted by atomic mass is 32.2. The van der Waals surface area contributed by atoms with Gasteiger partial charge in [0, 0.05) is 20.9 Å². The standard InChI is InChI=1S/C16H15NO2S2/c1-20-14-6-4-13(5-7-14)16(19)17-11-15-12(3-2-9-18)8-10-21-15/h4-8,10,18H,9,11H2,1H3,(H,17,19).